The Kier molecular flexibility index (Phi) is 5.78. The van der Waals surface area contributed by atoms with E-state index in [4.69, 9.17) is 18.8 Å². The lowest BCUT2D eigenvalue weighted by atomic mass is 9.49. The van der Waals surface area contributed by atoms with Crippen molar-refractivity contribution in [1.29, 1.82) is 0 Å². The molecule has 3 heterocycles. The number of alkyl halides is 2. The van der Waals surface area contributed by atoms with Crippen molar-refractivity contribution in [2.24, 2.45) is 35.0 Å². The van der Waals surface area contributed by atoms with E-state index in [9.17, 15) is 31.6 Å². The lowest BCUT2D eigenvalue weighted by Crippen LogP contribution is -2.56. The number of halogens is 2. The number of ether oxygens (including phenoxy) is 3. The Balaban J connectivity index is 1.27. The van der Waals surface area contributed by atoms with Crippen molar-refractivity contribution in [3.05, 3.63) is 0 Å². The van der Waals surface area contributed by atoms with Crippen LogP contribution in [-0.4, -0.2) is 77.5 Å². The molecule has 7 aliphatic rings. The van der Waals surface area contributed by atoms with Crippen LogP contribution in [0, 0.1) is 35.0 Å². The Morgan fingerprint density at radius 3 is 2.13 bits per heavy atom. The van der Waals surface area contributed by atoms with Crippen molar-refractivity contribution in [2.45, 2.75) is 101 Å². The molecule has 3 saturated heterocycles. The van der Waals surface area contributed by atoms with Crippen molar-refractivity contribution in [3.63, 3.8) is 0 Å². The average molecular weight is 562 g/mol. The summed E-state index contributed by atoms with van der Waals surface area (Å²) in [5.41, 5.74) is -0.594. The molecule has 0 radical (unpaired) electrons. The molecule has 7 unspecified atom stereocenters. The second kappa shape index (κ2) is 8.33. The zero-order chi connectivity index (χ0) is 27.5. The second-order valence-electron chi connectivity index (χ2n) is 12.6. The maximum atomic E-state index is 14.1. The van der Waals surface area contributed by atoms with Gasteiger partial charge >= 0.3 is 27.3 Å². The van der Waals surface area contributed by atoms with Gasteiger partial charge in [0, 0.05) is 6.04 Å². The summed E-state index contributed by atoms with van der Waals surface area (Å²) in [6.07, 6.45) is 0.260. The van der Waals surface area contributed by atoms with Crippen LogP contribution in [0.4, 0.5) is 8.78 Å². The standard InChI is InChI=1S/C25H33F2NO9S/c1-10(2)28-17-18-15(21(28)29)16(22(30)35-11(3)25(26,27)38(32,33)34)19(36-18)20(17)37-23(31)24-7-12-4-13(8-24)6-14(5-12)9-24/h10-20H,4-9H2,1-3H3,(H,32,33,34). The molecular formula is C25H33F2NO9S. The van der Waals surface area contributed by atoms with Crippen LogP contribution in [-0.2, 0) is 38.7 Å². The van der Waals surface area contributed by atoms with Gasteiger partial charge in [0.15, 0.2) is 12.2 Å². The molecule has 7 rings (SSSR count). The molecule has 0 aromatic rings. The number of rotatable bonds is 7. The van der Waals surface area contributed by atoms with Crippen LogP contribution in [0.2, 0.25) is 0 Å². The van der Waals surface area contributed by atoms with Crippen molar-refractivity contribution in [2.75, 3.05) is 0 Å². The number of esters is 2. The van der Waals surface area contributed by atoms with Crippen LogP contribution in [0.25, 0.3) is 0 Å². The number of hydrogen-bond acceptors (Lipinski definition) is 8. The first-order valence-corrected chi connectivity index (χ1v) is 14.8. The molecule has 1 N–H and O–H groups in total. The van der Waals surface area contributed by atoms with Gasteiger partial charge in [-0.1, -0.05) is 0 Å². The summed E-state index contributed by atoms with van der Waals surface area (Å²) in [6.45, 7) is 4.22. The third-order valence-electron chi connectivity index (χ3n) is 9.92. The molecule has 0 aromatic carbocycles. The number of carbonyl (C=O) groups excluding carboxylic acids is 3. The molecule has 0 aromatic heterocycles. The molecular weight excluding hydrogens is 528 g/mol. The van der Waals surface area contributed by atoms with Gasteiger partial charge in [0.1, 0.15) is 12.0 Å². The fourth-order valence-corrected chi connectivity index (χ4v) is 9.27. The molecule has 7 fully saturated rings. The monoisotopic (exact) mass is 561 g/mol. The Bertz CT molecular complexity index is 1140. The maximum absolute atomic E-state index is 14.1. The van der Waals surface area contributed by atoms with Gasteiger partial charge in [-0.05, 0) is 77.0 Å². The molecule has 4 aliphatic carbocycles. The number of carbonyl (C=O) groups is 3. The Morgan fingerprint density at radius 1 is 1.08 bits per heavy atom. The molecule has 0 spiro atoms. The summed E-state index contributed by atoms with van der Waals surface area (Å²) in [4.78, 5) is 41.9. The van der Waals surface area contributed by atoms with Crippen molar-refractivity contribution >= 4 is 28.0 Å². The van der Waals surface area contributed by atoms with Crippen LogP contribution in [0.3, 0.4) is 0 Å². The summed E-state index contributed by atoms with van der Waals surface area (Å²) >= 11 is 0. The molecule has 6 bridgehead atoms. The number of likely N-dealkylation sites (tertiary alicyclic amines) is 1. The maximum Gasteiger partial charge on any atom is 0.405 e. The van der Waals surface area contributed by atoms with Crippen LogP contribution in [0.5, 0.6) is 0 Å². The fraction of sp³-hybridized carbons (Fsp3) is 0.880. The summed E-state index contributed by atoms with van der Waals surface area (Å²) in [5.74, 6) is -2.96. The van der Waals surface area contributed by atoms with Crippen LogP contribution >= 0.6 is 0 Å². The Labute approximate surface area is 219 Å². The van der Waals surface area contributed by atoms with Gasteiger partial charge in [-0.25, -0.2) is 0 Å². The minimum absolute atomic E-state index is 0.305. The molecule has 3 aliphatic heterocycles. The van der Waals surface area contributed by atoms with Crippen LogP contribution in [0.1, 0.15) is 59.3 Å². The minimum atomic E-state index is -5.86. The Morgan fingerprint density at radius 2 is 1.63 bits per heavy atom. The molecule has 4 saturated carbocycles. The van der Waals surface area contributed by atoms with Gasteiger partial charge in [-0.15, -0.1) is 0 Å². The highest BCUT2D eigenvalue weighted by Gasteiger charge is 2.73. The summed E-state index contributed by atoms with van der Waals surface area (Å²) < 4.78 is 76.3. The molecule has 1 amide bonds. The summed E-state index contributed by atoms with van der Waals surface area (Å²) in [5, 5.41) is -4.75. The molecule has 10 nitrogen and oxygen atoms in total. The van der Waals surface area contributed by atoms with Gasteiger partial charge < -0.3 is 19.1 Å². The van der Waals surface area contributed by atoms with E-state index in [1.165, 1.54) is 4.90 Å². The van der Waals surface area contributed by atoms with E-state index in [1.807, 2.05) is 0 Å². The van der Waals surface area contributed by atoms with E-state index in [-0.39, 0.29) is 12.0 Å². The third-order valence-corrected chi connectivity index (χ3v) is 10.9. The highest BCUT2D eigenvalue weighted by atomic mass is 32.2. The molecule has 13 heteroatoms. The first-order chi connectivity index (χ1) is 17.6. The van der Waals surface area contributed by atoms with E-state index in [1.54, 1.807) is 13.8 Å². The first kappa shape index (κ1) is 26.4. The number of nitrogens with zero attached hydrogens (tertiary/aromatic N) is 1. The van der Waals surface area contributed by atoms with E-state index in [0.717, 1.165) is 38.5 Å². The summed E-state index contributed by atoms with van der Waals surface area (Å²) in [7, 11) is -5.86. The molecule has 212 valence electrons. The highest BCUT2D eigenvalue weighted by molar-refractivity contribution is 7.86. The van der Waals surface area contributed by atoms with Crippen LogP contribution < -0.4 is 0 Å². The van der Waals surface area contributed by atoms with Gasteiger partial charge in [0.25, 0.3) is 0 Å². The predicted octanol–water partition coefficient (Wildman–Crippen LogP) is 2.16. The smallest absolute Gasteiger partial charge is 0.405 e. The average Bonchev–Trinajstić information content (AvgIpc) is 3.40. The molecule has 7 atom stereocenters. The zero-order valence-electron chi connectivity index (χ0n) is 21.4. The number of hydrogen-bond donors (Lipinski definition) is 1. The number of fused-ring (bicyclic) bond motifs is 1. The fourth-order valence-electron chi connectivity index (χ4n) is 8.80. The Hall–Kier alpha value is -1.86. The molecule has 38 heavy (non-hydrogen) atoms. The van der Waals surface area contributed by atoms with Crippen LogP contribution in [0.15, 0.2) is 0 Å². The highest BCUT2D eigenvalue weighted by Crippen LogP contribution is 2.61. The number of amides is 1. The SMILES string of the molecule is CC(C)N1C(=O)C2C3OC(C(OC(=O)C45CC6CC(CC(C6)C4)C5)C31)C2C(=O)OC(C)C(F)(F)S(=O)(=O)O. The lowest BCUT2D eigenvalue weighted by molar-refractivity contribution is -0.185. The lowest BCUT2D eigenvalue weighted by Gasteiger charge is -2.55. The van der Waals surface area contributed by atoms with E-state index in [2.05, 4.69) is 0 Å². The van der Waals surface area contributed by atoms with Crippen molar-refractivity contribution < 1.29 is 50.3 Å². The van der Waals surface area contributed by atoms with E-state index < -0.39 is 75.0 Å². The van der Waals surface area contributed by atoms with Crippen molar-refractivity contribution in [3.8, 4) is 0 Å². The minimum Gasteiger partial charge on any atom is -0.457 e. The summed E-state index contributed by atoms with van der Waals surface area (Å²) in [6, 6.07) is -0.920. The first-order valence-electron chi connectivity index (χ1n) is 13.4. The van der Waals surface area contributed by atoms with Gasteiger partial charge in [0.05, 0.1) is 23.5 Å². The zero-order valence-corrected chi connectivity index (χ0v) is 22.2. The van der Waals surface area contributed by atoms with Crippen molar-refractivity contribution in [1.82, 2.24) is 4.90 Å². The second-order valence-corrected chi connectivity index (χ2v) is 14.1. The van der Waals surface area contributed by atoms with E-state index >= 15 is 0 Å². The van der Waals surface area contributed by atoms with Gasteiger partial charge in [-0.2, -0.15) is 17.2 Å². The quantitative estimate of drug-likeness (QED) is 0.366. The van der Waals surface area contributed by atoms with E-state index in [0.29, 0.717) is 24.7 Å². The third kappa shape index (κ3) is 3.59. The normalized spacial score (nSPS) is 43.7. The largest absolute Gasteiger partial charge is 0.457 e. The van der Waals surface area contributed by atoms with Gasteiger partial charge in [0.2, 0.25) is 5.91 Å². The van der Waals surface area contributed by atoms with Gasteiger partial charge in [-0.3, -0.25) is 18.9 Å². The topological polar surface area (TPSA) is 137 Å². The predicted molar refractivity (Wildman–Crippen MR) is 124 cm³/mol.